The summed E-state index contributed by atoms with van der Waals surface area (Å²) in [5, 5.41) is 2.86. The first-order chi connectivity index (χ1) is 13.8. The molecule has 0 saturated heterocycles. The maximum absolute atomic E-state index is 12.4. The fourth-order valence-corrected chi connectivity index (χ4v) is 3.47. The third-order valence-electron chi connectivity index (χ3n) is 4.11. The molecule has 1 aliphatic heterocycles. The molecule has 142 valence electrons. The fraction of sp³-hybridized carbons (Fsp3) is 0.136. The van der Waals surface area contributed by atoms with Gasteiger partial charge < -0.3 is 19.5 Å². The van der Waals surface area contributed by atoms with Gasteiger partial charge >= 0.3 is 0 Å². The van der Waals surface area contributed by atoms with Crippen molar-refractivity contribution in [1.82, 2.24) is 0 Å². The van der Waals surface area contributed by atoms with Crippen molar-refractivity contribution in [1.29, 1.82) is 0 Å². The van der Waals surface area contributed by atoms with Crippen molar-refractivity contribution in [2.24, 2.45) is 0 Å². The quantitative estimate of drug-likeness (QED) is 0.460. The lowest BCUT2D eigenvalue weighted by Gasteiger charge is -2.08. The average Bonchev–Trinajstić information content (AvgIpc) is 3.20. The van der Waals surface area contributed by atoms with Gasteiger partial charge in [0, 0.05) is 28.0 Å². The molecule has 0 aromatic heterocycles. The molecule has 1 heterocycles. The number of thioether (sulfide) groups is 1. The minimum absolute atomic E-state index is 0.190. The second-order valence-corrected chi connectivity index (χ2v) is 7.22. The Kier molecular flexibility index (Phi) is 5.68. The molecule has 28 heavy (non-hydrogen) atoms. The summed E-state index contributed by atoms with van der Waals surface area (Å²) in [5.74, 6) is 2.73. The first-order valence-corrected chi connectivity index (χ1v) is 9.88. The Bertz CT molecular complexity index is 945. The highest BCUT2D eigenvalue weighted by Crippen LogP contribution is 2.34. The maximum Gasteiger partial charge on any atom is 0.255 e. The number of benzene rings is 3. The molecule has 1 amide bonds. The zero-order valence-electron chi connectivity index (χ0n) is 15.1. The monoisotopic (exact) mass is 393 g/mol. The normalized spacial score (nSPS) is 11.9. The predicted octanol–water partition coefficient (Wildman–Crippen LogP) is 4.84. The van der Waals surface area contributed by atoms with E-state index in [4.69, 9.17) is 14.2 Å². The molecule has 1 N–H and O–H groups in total. The van der Waals surface area contributed by atoms with Gasteiger partial charge in [0.05, 0.1) is 6.61 Å². The van der Waals surface area contributed by atoms with E-state index in [1.54, 1.807) is 42.1 Å². The molecule has 6 heteroatoms. The molecule has 5 nitrogen and oxygen atoms in total. The van der Waals surface area contributed by atoms with Gasteiger partial charge in [-0.3, -0.25) is 4.79 Å². The maximum atomic E-state index is 12.4. The van der Waals surface area contributed by atoms with E-state index in [0.717, 1.165) is 11.5 Å². The van der Waals surface area contributed by atoms with Crippen LogP contribution in [0.4, 0.5) is 5.69 Å². The van der Waals surface area contributed by atoms with Gasteiger partial charge in [-0.25, -0.2) is 0 Å². The Hall–Kier alpha value is -3.12. The van der Waals surface area contributed by atoms with Crippen LogP contribution in [-0.4, -0.2) is 25.1 Å². The van der Waals surface area contributed by atoms with Crippen LogP contribution in [0.1, 0.15) is 10.4 Å². The van der Waals surface area contributed by atoms with E-state index in [9.17, 15) is 4.79 Å². The number of ether oxygens (including phenoxy) is 3. The fourth-order valence-electron chi connectivity index (χ4n) is 2.72. The van der Waals surface area contributed by atoms with E-state index in [2.05, 4.69) is 17.4 Å². The Morgan fingerprint density at radius 1 is 0.964 bits per heavy atom. The molecule has 0 atom stereocenters. The van der Waals surface area contributed by atoms with Crippen molar-refractivity contribution in [2.75, 3.05) is 24.5 Å². The van der Waals surface area contributed by atoms with Crippen molar-refractivity contribution in [2.45, 2.75) is 4.90 Å². The van der Waals surface area contributed by atoms with E-state index in [0.29, 0.717) is 29.4 Å². The van der Waals surface area contributed by atoms with Gasteiger partial charge in [-0.1, -0.05) is 18.2 Å². The summed E-state index contributed by atoms with van der Waals surface area (Å²) in [6.45, 7) is 0.806. The molecule has 0 unspecified atom stereocenters. The molecule has 0 radical (unpaired) electrons. The van der Waals surface area contributed by atoms with Crippen LogP contribution in [0.15, 0.2) is 77.7 Å². The number of anilines is 1. The zero-order valence-corrected chi connectivity index (χ0v) is 15.9. The number of amides is 1. The number of carbonyl (C=O) groups is 1. The van der Waals surface area contributed by atoms with Crippen LogP contribution in [0.2, 0.25) is 0 Å². The molecule has 0 saturated carbocycles. The molecule has 0 bridgehead atoms. The molecule has 0 fully saturated rings. The number of rotatable bonds is 7. The Balaban J connectivity index is 1.27. The van der Waals surface area contributed by atoms with E-state index in [1.807, 2.05) is 30.3 Å². The van der Waals surface area contributed by atoms with Gasteiger partial charge in [-0.05, 0) is 48.5 Å². The molecule has 3 aromatic carbocycles. The summed E-state index contributed by atoms with van der Waals surface area (Å²) in [6.07, 6.45) is 0. The molecule has 0 spiro atoms. The van der Waals surface area contributed by atoms with Crippen LogP contribution >= 0.6 is 11.8 Å². The largest absolute Gasteiger partial charge is 0.493 e. The van der Waals surface area contributed by atoms with Crippen LogP contribution < -0.4 is 19.5 Å². The summed E-state index contributed by atoms with van der Waals surface area (Å²) in [6, 6.07) is 22.7. The molecule has 4 rings (SSSR count). The van der Waals surface area contributed by atoms with E-state index in [1.165, 1.54) is 4.90 Å². The summed E-state index contributed by atoms with van der Waals surface area (Å²) in [7, 11) is 0. The Morgan fingerprint density at radius 2 is 1.75 bits per heavy atom. The number of hydrogen-bond donors (Lipinski definition) is 1. The topological polar surface area (TPSA) is 56.8 Å². The Morgan fingerprint density at radius 3 is 2.57 bits per heavy atom. The van der Waals surface area contributed by atoms with Crippen molar-refractivity contribution in [3.05, 3.63) is 78.4 Å². The summed E-state index contributed by atoms with van der Waals surface area (Å²) in [4.78, 5) is 13.6. The van der Waals surface area contributed by atoms with E-state index in [-0.39, 0.29) is 12.7 Å². The highest BCUT2D eigenvalue weighted by atomic mass is 32.2. The predicted molar refractivity (Wildman–Crippen MR) is 110 cm³/mol. The lowest BCUT2D eigenvalue weighted by Crippen LogP contribution is -2.11. The number of fused-ring (bicyclic) bond motifs is 1. The second kappa shape index (κ2) is 8.71. The standard InChI is InChI=1S/C22H19NO4S/c24-22(23-17-8-11-20-21(14-17)27-15-26-20)16-6-9-18(10-7-16)25-12-13-28-19-4-2-1-3-5-19/h1-11,14H,12-13,15H2,(H,23,24). The minimum Gasteiger partial charge on any atom is -0.493 e. The van der Waals surface area contributed by atoms with Gasteiger partial charge in [0.1, 0.15) is 5.75 Å². The zero-order chi connectivity index (χ0) is 19.2. The van der Waals surface area contributed by atoms with E-state index >= 15 is 0 Å². The van der Waals surface area contributed by atoms with Crippen molar-refractivity contribution >= 4 is 23.4 Å². The third-order valence-corrected chi connectivity index (χ3v) is 5.09. The molecule has 0 aliphatic carbocycles. The van der Waals surface area contributed by atoms with Crippen molar-refractivity contribution in [3.8, 4) is 17.2 Å². The minimum atomic E-state index is -0.190. The Labute approximate surface area is 167 Å². The SMILES string of the molecule is O=C(Nc1ccc2c(c1)OCO2)c1ccc(OCCSc2ccccc2)cc1. The molecular weight excluding hydrogens is 374 g/mol. The number of carbonyl (C=O) groups excluding carboxylic acids is 1. The van der Waals surface area contributed by atoms with E-state index < -0.39 is 0 Å². The van der Waals surface area contributed by atoms with Crippen LogP contribution in [-0.2, 0) is 0 Å². The highest BCUT2D eigenvalue weighted by Gasteiger charge is 2.14. The second-order valence-electron chi connectivity index (χ2n) is 6.06. The smallest absolute Gasteiger partial charge is 0.255 e. The highest BCUT2D eigenvalue weighted by molar-refractivity contribution is 7.99. The molecule has 3 aromatic rings. The molecule has 1 aliphatic rings. The van der Waals surface area contributed by atoms with Crippen LogP contribution in [0.5, 0.6) is 17.2 Å². The van der Waals surface area contributed by atoms with Crippen molar-refractivity contribution < 1.29 is 19.0 Å². The third kappa shape index (κ3) is 4.58. The van der Waals surface area contributed by atoms with Crippen molar-refractivity contribution in [3.63, 3.8) is 0 Å². The summed E-state index contributed by atoms with van der Waals surface area (Å²) < 4.78 is 16.3. The average molecular weight is 393 g/mol. The van der Waals surface area contributed by atoms with Gasteiger partial charge in [0.25, 0.3) is 5.91 Å². The lowest BCUT2D eigenvalue weighted by molar-refractivity contribution is 0.102. The van der Waals surface area contributed by atoms with Gasteiger partial charge in [-0.2, -0.15) is 0 Å². The number of nitrogens with one attached hydrogen (secondary N) is 1. The van der Waals surface area contributed by atoms with Gasteiger partial charge in [0.2, 0.25) is 6.79 Å². The summed E-state index contributed by atoms with van der Waals surface area (Å²) in [5.41, 5.74) is 1.22. The van der Waals surface area contributed by atoms with Gasteiger partial charge in [0.15, 0.2) is 11.5 Å². The van der Waals surface area contributed by atoms with Crippen LogP contribution in [0, 0.1) is 0 Å². The molecular formula is C22H19NO4S. The summed E-state index contributed by atoms with van der Waals surface area (Å²) >= 11 is 1.75. The first kappa shape index (κ1) is 18.3. The van der Waals surface area contributed by atoms with Gasteiger partial charge in [-0.15, -0.1) is 11.8 Å². The van der Waals surface area contributed by atoms with Crippen LogP contribution in [0.25, 0.3) is 0 Å². The number of hydrogen-bond acceptors (Lipinski definition) is 5. The lowest BCUT2D eigenvalue weighted by atomic mass is 10.2. The van der Waals surface area contributed by atoms with Crippen LogP contribution in [0.3, 0.4) is 0 Å². The first-order valence-electron chi connectivity index (χ1n) is 8.90.